The molecule has 1 N–H and O–H groups in total. The van der Waals surface area contributed by atoms with Gasteiger partial charge in [0.1, 0.15) is 6.61 Å². The normalized spacial score (nSPS) is 11.6. The van der Waals surface area contributed by atoms with Crippen LogP contribution in [0, 0.1) is 23.3 Å². The zero-order chi connectivity index (χ0) is 15.0. The first-order valence-electron chi connectivity index (χ1n) is 5.28. The predicted octanol–water partition coefficient (Wildman–Crippen LogP) is 2.44. The van der Waals surface area contributed by atoms with Crippen LogP contribution < -0.4 is 4.74 Å². The number of Topliss-reactive ketones (excluding diaryl/α,β-unsaturated/α-hetero) is 1. The van der Waals surface area contributed by atoms with Crippen LogP contribution >= 0.6 is 0 Å². The van der Waals surface area contributed by atoms with Gasteiger partial charge in [0, 0.05) is 0 Å². The van der Waals surface area contributed by atoms with Crippen molar-refractivity contribution in [2.75, 3.05) is 6.61 Å². The molecule has 1 aromatic carbocycles. The maximum absolute atomic E-state index is 13.6. The second kappa shape index (κ2) is 5.16. The molecule has 19 heavy (non-hydrogen) atoms. The lowest BCUT2D eigenvalue weighted by atomic mass is 9.96. The Balaban J connectivity index is 3.43. The molecule has 7 heteroatoms. The highest BCUT2D eigenvalue weighted by molar-refractivity contribution is 5.77. The van der Waals surface area contributed by atoms with Gasteiger partial charge in [0.2, 0.25) is 11.6 Å². The smallest absolute Gasteiger partial charge is 0.204 e. The second-order valence-electron chi connectivity index (χ2n) is 4.51. The lowest BCUT2D eigenvalue weighted by Gasteiger charge is -2.21. The molecular formula is C12H12F4O3. The van der Waals surface area contributed by atoms with Crippen LogP contribution in [0.15, 0.2) is 0 Å². The summed E-state index contributed by atoms with van der Waals surface area (Å²) in [5.74, 6) is -9.01. The molecule has 0 saturated heterocycles. The summed E-state index contributed by atoms with van der Waals surface area (Å²) in [6, 6.07) is 0. The first kappa shape index (κ1) is 15.4. The monoisotopic (exact) mass is 280 g/mol. The van der Waals surface area contributed by atoms with E-state index >= 15 is 0 Å². The van der Waals surface area contributed by atoms with Crippen LogP contribution in [0.4, 0.5) is 17.6 Å². The van der Waals surface area contributed by atoms with E-state index in [-0.39, 0.29) is 0 Å². The van der Waals surface area contributed by atoms with Crippen molar-refractivity contribution in [3.63, 3.8) is 0 Å². The van der Waals surface area contributed by atoms with Gasteiger partial charge < -0.3 is 9.84 Å². The third kappa shape index (κ3) is 3.04. The Bertz CT molecular complexity index is 492. The van der Waals surface area contributed by atoms with Gasteiger partial charge in [-0.2, -0.15) is 8.78 Å². The molecule has 0 atom stereocenters. The van der Waals surface area contributed by atoms with Crippen molar-refractivity contribution in [3.05, 3.63) is 28.8 Å². The van der Waals surface area contributed by atoms with E-state index in [1.54, 1.807) is 0 Å². The summed E-state index contributed by atoms with van der Waals surface area (Å²) in [4.78, 5) is 10.6. The van der Waals surface area contributed by atoms with E-state index in [9.17, 15) is 27.5 Å². The molecule has 0 radical (unpaired) electrons. The van der Waals surface area contributed by atoms with Crippen molar-refractivity contribution in [1.82, 2.24) is 0 Å². The van der Waals surface area contributed by atoms with Crippen molar-refractivity contribution >= 4 is 5.78 Å². The van der Waals surface area contributed by atoms with Gasteiger partial charge >= 0.3 is 0 Å². The molecule has 0 aliphatic rings. The Morgan fingerprint density at radius 2 is 1.53 bits per heavy atom. The minimum Gasteiger partial charge on any atom is -0.480 e. The van der Waals surface area contributed by atoms with Crippen molar-refractivity contribution in [2.45, 2.75) is 26.4 Å². The topological polar surface area (TPSA) is 46.5 Å². The fourth-order valence-electron chi connectivity index (χ4n) is 1.45. The van der Waals surface area contributed by atoms with Crippen LogP contribution in [0.25, 0.3) is 0 Å². The van der Waals surface area contributed by atoms with Crippen LogP contribution in [0.2, 0.25) is 0 Å². The number of ether oxygens (including phenoxy) is 1. The number of rotatable bonds is 4. The number of hydrogen-bond donors (Lipinski definition) is 1. The van der Waals surface area contributed by atoms with E-state index in [1.165, 1.54) is 0 Å². The quantitative estimate of drug-likeness (QED) is 0.680. The van der Waals surface area contributed by atoms with Gasteiger partial charge in [0.25, 0.3) is 0 Å². The number of halogens is 4. The molecule has 1 aromatic rings. The fourth-order valence-corrected chi connectivity index (χ4v) is 1.45. The predicted molar refractivity (Wildman–Crippen MR) is 57.7 cm³/mol. The number of benzene rings is 1. The summed E-state index contributed by atoms with van der Waals surface area (Å²) in [6.45, 7) is 2.30. The highest BCUT2D eigenvalue weighted by Gasteiger charge is 2.34. The largest absolute Gasteiger partial charge is 0.480 e. The van der Waals surface area contributed by atoms with Crippen LogP contribution in [0.1, 0.15) is 26.3 Å². The molecule has 0 saturated carbocycles. The molecule has 0 spiro atoms. The molecule has 0 aromatic heterocycles. The van der Waals surface area contributed by atoms with Gasteiger partial charge in [-0.1, -0.05) is 0 Å². The second-order valence-corrected chi connectivity index (χ2v) is 4.51. The number of carbonyl (C=O) groups excluding carboxylic acids is 1. The van der Waals surface area contributed by atoms with Crippen molar-refractivity contribution < 1.29 is 32.2 Å². The summed E-state index contributed by atoms with van der Waals surface area (Å²) in [7, 11) is 0. The van der Waals surface area contributed by atoms with Gasteiger partial charge in [0.15, 0.2) is 23.2 Å². The SMILES string of the molecule is CC(=O)COc1c(F)c(F)c(C(C)(C)O)c(F)c1F. The van der Waals surface area contributed by atoms with Crippen LogP contribution in [-0.4, -0.2) is 17.5 Å². The average molecular weight is 280 g/mol. The first-order chi connectivity index (χ1) is 8.57. The van der Waals surface area contributed by atoms with Crippen LogP contribution in [0.5, 0.6) is 5.75 Å². The molecule has 0 unspecified atom stereocenters. The van der Waals surface area contributed by atoms with E-state index in [0.29, 0.717) is 0 Å². The highest BCUT2D eigenvalue weighted by atomic mass is 19.2. The Hall–Kier alpha value is -1.63. The summed E-state index contributed by atoms with van der Waals surface area (Å²) in [5, 5.41) is 9.50. The zero-order valence-electron chi connectivity index (χ0n) is 10.5. The molecule has 1 rings (SSSR count). The minimum atomic E-state index is -2.12. The van der Waals surface area contributed by atoms with E-state index < -0.39 is 52.6 Å². The molecule has 0 amide bonds. The maximum atomic E-state index is 13.6. The minimum absolute atomic E-state index is 0.578. The van der Waals surface area contributed by atoms with Gasteiger partial charge in [0.05, 0.1) is 11.2 Å². The Morgan fingerprint density at radius 1 is 1.11 bits per heavy atom. The average Bonchev–Trinajstić information content (AvgIpc) is 2.24. The molecular weight excluding hydrogens is 268 g/mol. The van der Waals surface area contributed by atoms with E-state index in [2.05, 4.69) is 4.74 Å². The van der Waals surface area contributed by atoms with E-state index in [1.807, 2.05) is 0 Å². The van der Waals surface area contributed by atoms with Crippen LogP contribution in [0.3, 0.4) is 0 Å². The van der Waals surface area contributed by atoms with E-state index in [4.69, 9.17) is 0 Å². The Kier molecular flexibility index (Phi) is 4.19. The standard InChI is InChI=1S/C12H12F4O3/c1-5(17)4-19-11-9(15)7(13)6(12(2,3)18)8(14)10(11)16/h18H,4H2,1-3H3. The molecule has 0 heterocycles. The lowest BCUT2D eigenvalue weighted by Crippen LogP contribution is -2.23. The van der Waals surface area contributed by atoms with Crippen molar-refractivity contribution in [3.8, 4) is 5.75 Å². The summed E-state index contributed by atoms with van der Waals surface area (Å²) in [6.07, 6.45) is 0. The number of hydrogen-bond acceptors (Lipinski definition) is 3. The fraction of sp³-hybridized carbons (Fsp3) is 0.417. The van der Waals surface area contributed by atoms with Gasteiger partial charge in [-0.15, -0.1) is 0 Å². The van der Waals surface area contributed by atoms with Gasteiger partial charge in [-0.3, -0.25) is 4.79 Å². The Labute approximate surface area is 106 Å². The van der Waals surface area contributed by atoms with E-state index in [0.717, 1.165) is 20.8 Å². The summed E-state index contributed by atoms with van der Waals surface area (Å²) in [5.41, 5.74) is -3.26. The van der Waals surface area contributed by atoms with Crippen molar-refractivity contribution in [2.24, 2.45) is 0 Å². The number of ketones is 1. The zero-order valence-corrected chi connectivity index (χ0v) is 10.5. The molecule has 0 aliphatic heterocycles. The van der Waals surface area contributed by atoms with Crippen molar-refractivity contribution in [1.29, 1.82) is 0 Å². The third-order valence-electron chi connectivity index (χ3n) is 2.25. The van der Waals surface area contributed by atoms with Crippen LogP contribution in [-0.2, 0) is 10.4 Å². The maximum Gasteiger partial charge on any atom is 0.204 e. The number of aliphatic hydroxyl groups is 1. The van der Waals surface area contributed by atoms with Gasteiger partial charge in [-0.05, 0) is 20.8 Å². The lowest BCUT2D eigenvalue weighted by molar-refractivity contribution is -0.119. The molecule has 106 valence electrons. The third-order valence-corrected chi connectivity index (χ3v) is 2.25. The first-order valence-corrected chi connectivity index (χ1v) is 5.28. The Morgan fingerprint density at radius 3 is 1.84 bits per heavy atom. The molecule has 0 fully saturated rings. The highest BCUT2D eigenvalue weighted by Crippen LogP contribution is 2.35. The summed E-state index contributed by atoms with van der Waals surface area (Å²) < 4.78 is 58.7. The molecule has 0 aliphatic carbocycles. The van der Waals surface area contributed by atoms with Gasteiger partial charge in [-0.25, -0.2) is 8.78 Å². The molecule has 3 nitrogen and oxygen atoms in total. The molecule has 0 bridgehead atoms. The number of carbonyl (C=O) groups is 1. The summed E-state index contributed by atoms with van der Waals surface area (Å²) >= 11 is 0.